The van der Waals surface area contributed by atoms with Crippen LogP contribution in [0.5, 0.6) is 0 Å². The Hall–Kier alpha value is -1.69. The number of benzene rings is 1. The number of hydrogen-bond acceptors (Lipinski definition) is 8. The third kappa shape index (κ3) is 5.76. The molecule has 3 rings (SSSR count). The van der Waals surface area contributed by atoms with E-state index in [2.05, 4.69) is 5.32 Å². The average molecular weight is 456 g/mol. The lowest BCUT2D eigenvalue weighted by Crippen LogP contribution is -2.57. The summed E-state index contributed by atoms with van der Waals surface area (Å²) in [5, 5.41) is 51.9. The van der Waals surface area contributed by atoms with Crippen LogP contribution in [-0.2, 0) is 4.74 Å². The summed E-state index contributed by atoms with van der Waals surface area (Å²) in [4.78, 5) is 24.1. The van der Waals surface area contributed by atoms with Gasteiger partial charge in [0.1, 0.15) is 29.9 Å². The van der Waals surface area contributed by atoms with Crippen LogP contribution in [0.2, 0.25) is 0 Å². The normalized spacial score (nSPS) is 34.0. The average Bonchev–Trinajstić information content (AvgIpc) is 2.98. The predicted molar refractivity (Wildman–Crippen MR) is 113 cm³/mol. The molecule has 2 aliphatic rings. The number of aliphatic hydroxyl groups excluding tert-OH is 4. The minimum absolute atomic E-state index is 0.00366. The van der Waals surface area contributed by atoms with Crippen LogP contribution in [0.25, 0.3) is 0 Å². The van der Waals surface area contributed by atoms with Gasteiger partial charge >= 0.3 is 5.97 Å². The fraction of sp³-hybridized carbons (Fsp3) is 0.619. The number of thioether (sulfide) groups is 1. The molecule has 1 saturated carbocycles. The fourth-order valence-electron chi connectivity index (χ4n) is 4.07. The highest BCUT2D eigenvalue weighted by Crippen LogP contribution is 2.36. The minimum atomic E-state index is -1.42. The lowest BCUT2D eigenvalue weighted by atomic mass is 10.0. The molecule has 0 radical (unpaired) electrons. The zero-order chi connectivity index (χ0) is 22.5. The Morgan fingerprint density at radius 2 is 1.71 bits per heavy atom. The van der Waals surface area contributed by atoms with E-state index in [4.69, 9.17) is 4.74 Å². The summed E-state index contributed by atoms with van der Waals surface area (Å²) >= 11 is 1.32. The molecule has 0 bridgehead atoms. The molecule has 0 spiro atoms. The van der Waals surface area contributed by atoms with Gasteiger partial charge in [-0.3, -0.25) is 4.79 Å². The first-order chi connectivity index (χ1) is 14.8. The molecule has 10 heteroatoms. The van der Waals surface area contributed by atoms with Gasteiger partial charge in [0.2, 0.25) is 0 Å². The highest BCUT2D eigenvalue weighted by atomic mass is 32.2. The van der Waals surface area contributed by atoms with E-state index >= 15 is 0 Å². The van der Waals surface area contributed by atoms with Crippen molar-refractivity contribution in [2.75, 3.05) is 6.61 Å². The van der Waals surface area contributed by atoms with Gasteiger partial charge < -0.3 is 35.6 Å². The number of amides is 1. The first-order valence-electron chi connectivity index (χ1n) is 10.4. The standard InChI is InChI=1S/C21H29NO8S/c23-10-15-16(24)17(25)18(26)21(30-15)31-12-6-2-1-5-11(9-12)22-19(27)13-7-3-4-8-14(13)20(28)29/h3-4,7-8,11-12,15-18,21,23-26H,1-2,5-6,9-10H2,(H,22,27)(H,28,29)/t11?,12?,15-,16+,17+,18-,21+/m1/s1. The summed E-state index contributed by atoms with van der Waals surface area (Å²) in [7, 11) is 0. The van der Waals surface area contributed by atoms with Gasteiger partial charge in [0, 0.05) is 11.3 Å². The Kier molecular flexibility index (Phi) is 8.31. The predicted octanol–water partition coefficient (Wildman–Crippen LogP) is 0.349. The maximum Gasteiger partial charge on any atom is 0.336 e. The van der Waals surface area contributed by atoms with Crippen LogP contribution >= 0.6 is 11.8 Å². The van der Waals surface area contributed by atoms with Crippen LogP contribution in [0, 0.1) is 0 Å². The number of aromatic carboxylic acids is 1. The number of rotatable bonds is 6. The van der Waals surface area contributed by atoms with Crippen molar-refractivity contribution in [1.82, 2.24) is 5.32 Å². The third-order valence-corrected chi connectivity index (χ3v) is 7.26. The Bertz CT molecular complexity index is 776. The molecule has 9 nitrogen and oxygen atoms in total. The van der Waals surface area contributed by atoms with Crippen molar-refractivity contribution < 1.29 is 39.9 Å². The summed E-state index contributed by atoms with van der Waals surface area (Å²) in [6, 6.07) is 5.88. The molecule has 2 fully saturated rings. The Morgan fingerprint density at radius 1 is 1.03 bits per heavy atom. The summed E-state index contributed by atoms with van der Waals surface area (Å²) in [5.41, 5.74) is -0.763. The number of carbonyl (C=O) groups is 2. The van der Waals surface area contributed by atoms with Crippen LogP contribution in [0.1, 0.15) is 52.8 Å². The number of carboxylic acids is 1. The molecular formula is C21H29NO8S. The number of hydrogen-bond donors (Lipinski definition) is 6. The number of nitrogens with one attached hydrogen (secondary N) is 1. The van der Waals surface area contributed by atoms with Crippen molar-refractivity contribution in [3.05, 3.63) is 35.4 Å². The molecule has 7 atom stereocenters. The maximum atomic E-state index is 12.7. The van der Waals surface area contributed by atoms with E-state index in [1.165, 1.54) is 23.9 Å². The Morgan fingerprint density at radius 3 is 2.39 bits per heavy atom. The Balaban J connectivity index is 1.65. The van der Waals surface area contributed by atoms with Crippen molar-refractivity contribution in [3.8, 4) is 0 Å². The minimum Gasteiger partial charge on any atom is -0.478 e. The van der Waals surface area contributed by atoms with Crippen molar-refractivity contribution in [2.45, 2.75) is 73.2 Å². The van der Waals surface area contributed by atoms with Crippen LogP contribution in [0.15, 0.2) is 24.3 Å². The molecular weight excluding hydrogens is 426 g/mol. The van der Waals surface area contributed by atoms with E-state index in [-0.39, 0.29) is 22.4 Å². The van der Waals surface area contributed by atoms with Gasteiger partial charge in [-0.05, 0) is 31.4 Å². The van der Waals surface area contributed by atoms with Crippen LogP contribution in [0.3, 0.4) is 0 Å². The number of carbonyl (C=O) groups excluding carboxylic acids is 1. The maximum absolute atomic E-state index is 12.7. The van der Waals surface area contributed by atoms with Crippen molar-refractivity contribution in [3.63, 3.8) is 0 Å². The zero-order valence-corrected chi connectivity index (χ0v) is 17.8. The Labute approximate surface area is 184 Å². The van der Waals surface area contributed by atoms with E-state index in [1.807, 2.05) is 0 Å². The van der Waals surface area contributed by atoms with Crippen LogP contribution in [0.4, 0.5) is 0 Å². The lowest BCUT2D eigenvalue weighted by molar-refractivity contribution is -0.205. The van der Waals surface area contributed by atoms with E-state index in [9.17, 15) is 35.1 Å². The molecule has 1 saturated heterocycles. The molecule has 0 aromatic heterocycles. The molecule has 6 N–H and O–H groups in total. The molecule has 1 aromatic rings. The van der Waals surface area contributed by atoms with Gasteiger partial charge in [0.15, 0.2) is 0 Å². The van der Waals surface area contributed by atoms with Gasteiger partial charge in [0.05, 0.1) is 17.7 Å². The SMILES string of the molecule is O=C(O)c1ccccc1C(=O)NC1CCCCC(S[C@@H]2O[C@H](CO)[C@H](O)[C@H](O)[C@H]2O)C1. The molecule has 172 valence electrons. The second-order valence-electron chi connectivity index (χ2n) is 8.00. The molecule has 1 aromatic carbocycles. The fourth-order valence-corrected chi connectivity index (χ4v) is 5.63. The largest absolute Gasteiger partial charge is 0.478 e. The van der Waals surface area contributed by atoms with Crippen molar-refractivity contribution in [1.29, 1.82) is 0 Å². The highest BCUT2D eigenvalue weighted by Gasteiger charge is 2.44. The summed E-state index contributed by atoms with van der Waals surface area (Å²) < 4.78 is 5.60. The van der Waals surface area contributed by atoms with Crippen molar-refractivity contribution in [2.24, 2.45) is 0 Å². The highest BCUT2D eigenvalue weighted by molar-refractivity contribution is 8.00. The number of ether oxygens (including phenoxy) is 1. The topological polar surface area (TPSA) is 157 Å². The van der Waals surface area contributed by atoms with Crippen LogP contribution < -0.4 is 5.32 Å². The number of carboxylic acid groups (broad SMARTS) is 1. The summed E-state index contributed by atoms with van der Waals surface area (Å²) in [6.45, 7) is -0.478. The van der Waals surface area contributed by atoms with Crippen LogP contribution in [-0.4, -0.2) is 85.2 Å². The van der Waals surface area contributed by atoms with Gasteiger partial charge in [-0.25, -0.2) is 4.79 Å². The summed E-state index contributed by atoms with van der Waals surface area (Å²) in [6.07, 6.45) is -1.13. The first-order valence-corrected chi connectivity index (χ1v) is 11.3. The van der Waals surface area contributed by atoms with Crippen molar-refractivity contribution >= 4 is 23.6 Å². The number of aliphatic hydroxyl groups is 4. The second-order valence-corrected chi connectivity index (χ2v) is 9.40. The van der Waals surface area contributed by atoms with Gasteiger partial charge in [-0.1, -0.05) is 25.0 Å². The zero-order valence-electron chi connectivity index (χ0n) is 17.0. The smallest absolute Gasteiger partial charge is 0.336 e. The molecule has 1 aliphatic heterocycles. The molecule has 2 unspecified atom stereocenters. The van der Waals surface area contributed by atoms with E-state index in [0.29, 0.717) is 6.42 Å². The second kappa shape index (κ2) is 10.8. The van der Waals surface area contributed by atoms with E-state index in [1.54, 1.807) is 12.1 Å². The monoisotopic (exact) mass is 455 g/mol. The van der Waals surface area contributed by atoms with E-state index < -0.39 is 48.3 Å². The molecule has 1 amide bonds. The first kappa shape index (κ1) is 24.0. The summed E-state index contributed by atoms with van der Waals surface area (Å²) in [5.74, 6) is -1.61. The third-order valence-electron chi connectivity index (χ3n) is 5.79. The van der Waals surface area contributed by atoms with Gasteiger partial charge in [0.25, 0.3) is 5.91 Å². The molecule has 1 heterocycles. The lowest BCUT2D eigenvalue weighted by Gasteiger charge is -2.40. The van der Waals surface area contributed by atoms with Gasteiger partial charge in [-0.15, -0.1) is 11.8 Å². The quantitative estimate of drug-likeness (QED) is 0.333. The van der Waals surface area contributed by atoms with Gasteiger partial charge in [-0.2, -0.15) is 0 Å². The molecule has 1 aliphatic carbocycles. The van der Waals surface area contributed by atoms with E-state index in [0.717, 1.165) is 25.7 Å². The molecule has 31 heavy (non-hydrogen) atoms.